The molecule has 0 spiro atoms. The topological polar surface area (TPSA) is 66.6 Å². The summed E-state index contributed by atoms with van der Waals surface area (Å²) in [4.78, 5) is 13.2. The number of carbonyl (C=O) groups is 1. The maximum atomic E-state index is 11.6. The Labute approximate surface area is 86.1 Å². The molecule has 0 aromatic heterocycles. The number of carbonyl (C=O) groups excluding carboxylic acids is 1. The number of rotatable bonds is 8. The summed E-state index contributed by atoms with van der Waals surface area (Å²) in [5, 5.41) is 8.75. The van der Waals surface area contributed by atoms with E-state index in [9.17, 15) is 4.79 Å². The average molecular weight is 202 g/mol. The van der Waals surface area contributed by atoms with Crippen molar-refractivity contribution in [3.05, 3.63) is 0 Å². The molecule has 4 nitrogen and oxygen atoms in total. The van der Waals surface area contributed by atoms with Crippen molar-refractivity contribution in [3.8, 4) is 0 Å². The van der Waals surface area contributed by atoms with E-state index >= 15 is 0 Å². The van der Waals surface area contributed by atoms with Crippen LogP contribution in [-0.2, 0) is 4.79 Å². The molecule has 0 atom stereocenters. The maximum absolute atomic E-state index is 11.6. The van der Waals surface area contributed by atoms with Crippen LogP contribution in [0.1, 0.15) is 32.6 Å². The summed E-state index contributed by atoms with van der Waals surface area (Å²) in [6.45, 7) is 3.53. The molecule has 0 aliphatic rings. The van der Waals surface area contributed by atoms with Crippen molar-refractivity contribution in [2.45, 2.75) is 32.6 Å². The number of hydrogen-bond acceptors (Lipinski definition) is 3. The highest BCUT2D eigenvalue weighted by Gasteiger charge is 2.10. The highest BCUT2D eigenvalue weighted by atomic mass is 16.3. The van der Waals surface area contributed by atoms with E-state index in [-0.39, 0.29) is 12.5 Å². The van der Waals surface area contributed by atoms with Gasteiger partial charge in [0.05, 0.1) is 6.61 Å². The predicted molar refractivity (Wildman–Crippen MR) is 56.9 cm³/mol. The molecule has 0 fully saturated rings. The van der Waals surface area contributed by atoms with Crippen LogP contribution < -0.4 is 5.73 Å². The summed E-state index contributed by atoms with van der Waals surface area (Å²) in [6, 6.07) is 0. The molecule has 0 rings (SSSR count). The second-order valence-electron chi connectivity index (χ2n) is 3.35. The quantitative estimate of drug-likeness (QED) is 0.558. The van der Waals surface area contributed by atoms with E-state index in [0.717, 1.165) is 19.3 Å². The van der Waals surface area contributed by atoms with Gasteiger partial charge < -0.3 is 15.7 Å². The van der Waals surface area contributed by atoms with Crippen molar-refractivity contribution < 1.29 is 9.90 Å². The van der Waals surface area contributed by atoms with Gasteiger partial charge >= 0.3 is 0 Å². The van der Waals surface area contributed by atoms with Crippen LogP contribution in [0, 0.1) is 0 Å². The van der Waals surface area contributed by atoms with Gasteiger partial charge in [-0.15, -0.1) is 0 Å². The minimum absolute atomic E-state index is 0.0134. The van der Waals surface area contributed by atoms with Crippen LogP contribution in [-0.4, -0.2) is 42.2 Å². The van der Waals surface area contributed by atoms with E-state index in [2.05, 4.69) is 6.92 Å². The molecule has 0 saturated heterocycles. The third-order valence-electron chi connectivity index (χ3n) is 2.12. The van der Waals surface area contributed by atoms with Crippen molar-refractivity contribution in [1.29, 1.82) is 0 Å². The molecule has 14 heavy (non-hydrogen) atoms. The number of amides is 1. The average Bonchev–Trinajstić information content (AvgIpc) is 2.18. The van der Waals surface area contributed by atoms with Gasteiger partial charge in [-0.2, -0.15) is 0 Å². The molecule has 0 aliphatic heterocycles. The van der Waals surface area contributed by atoms with Crippen LogP contribution in [0.5, 0.6) is 0 Å². The Morgan fingerprint density at radius 1 is 1.36 bits per heavy atom. The first-order chi connectivity index (χ1) is 6.76. The van der Waals surface area contributed by atoms with Gasteiger partial charge in [0.2, 0.25) is 5.91 Å². The van der Waals surface area contributed by atoms with Crippen molar-refractivity contribution in [2.24, 2.45) is 5.73 Å². The summed E-state index contributed by atoms with van der Waals surface area (Å²) in [5.74, 6) is 0.109. The second-order valence-corrected chi connectivity index (χ2v) is 3.35. The first kappa shape index (κ1) is 13.4. The lowest BCUT2D eigenvalue weighted by atomic mass is 10.2. The molecule has 0 aromatic rings. The molecule has 0 unspecified atom stereocenters. The van der Waals surface area contributed by atoms with Gasteiger partial charge in [-0.25, -0.2) is 0 Å². The maximum Gasteiger partial charge on any atom is 0.222 e. The van der Waals surface area contributed by atoms with Crippen LogP contribution in [0.2, 0.25) is 0 Å². The fraction of sp³-hybridized carbons (Fsp3) is 0.900. The fourth-order valence-electron chi connectivity index (χ4n) is 1.32. The summed E-state index contributed by atoms with van der Waals surface area (Å²) in [5.41, 5.74) is 5.38. The Morgan fingerprint density at radius 3 is 2.57 bits per heavy atom. The summed E-state index contributed by atoms with van der Waals surface area (Å²) in [6.07, 6.45) is 3.71. The van der Waals surface area contributed by atoms with E-state index in [1.165, 1.54) is 0 Å². The molecular weight excluding hydrogens is 180 g/mol. The van der Waals surface area contributed by atoms with Crippen LogP contribution >= 0.6 is 0 Å². The van der Waals surface area contributed by atoms with E-state index < -0.39 is 0 Å². The van der Waals surface area contributed by atoms with Gasteiger partial charge in [0, 0.05) is 26.1 Å². The molecule has 0 radical (unpaired) electrons. The Kier molecular flexibility index (Phi) is 8.57. The summed E-state index contributed by atoms with van der Waals surface area (Å²) < 4.78 is 0. The molecular formula is C10H22N2O2. The van der Waals surface area contributed by atoms with Crippen LogP contribution in [0.15, 0.2) is 0 Å². The summed E-state index contributed by atoms with van der Waals surface area (Å²) >= 11 is 0. The van der Waals surface area contributed by atoms with E-state index in [1.807, 2.05) is 0 Å². The van der Waals surface area contributed by atoms with Gasteiger partial charge in [-0.1, -0.05) is 19.8 Å². The first-order valence-electron chi connectivity index (χ1n) is 5.35. The first-order valence-corrected chi connectivity index (χ1v) is 5.35. The van der Waals surface area contributed by atoms with Crippen molar-refractivity contribution >= 4 is 5.91 Å². The third-order valence-corrected chi connectivity index (χ3v) is 2.12. The number of unbranched alkanes of at least 4 members (excludes halogenated alkanes) is 2. The fourth-order valence-corrected chi connectivity index (χ4v) is 1.32. The highest BCUT2D eigenvalue weighted by molar-refractivity contribution is 5.76. The standard InChI is InChI=1S/C10H22N2O2/c1-2-3-4-5-10(14)12(7-6-11)8-9-13/h13H,2-9,11H2,1H3. The third kappa shape index (κ3) is 5.94. The zero-order chi connectivity index (χ0) is 10.8. The molecule has 0 heterocycles. The second kappa shape index (κ2) is 8.97. The lowest BCUT2D eigenvalue weighted by Crippen LogP contribution is -2.37. The minimum Gasteiger partial charge on any atom is -0.395 e. The van der Waals surface area contributed by atoms with Crippen LogP contribution in [0.3, 0.4) is 0 Å². The molecule has 4 heteroatoms. The molecule has 84 valence electrons. The highest BCUT2D eigenvalue weighted by Crippen LogP contribution is 2.02. The lowest BCUT2D eigenvalue weighted by Gasteiger charge is -2.20. The van der Waals surface area contributed by atoms with Crippen molar-refractivity contribution in [3.63, 3.8) is 0 Å². The monoisotopic (exact) mass is 202 g/mol. The number of nitrogens with zero attached hydrogens (tertiary/aromatic N) is 1. The van der Waals surface area contributed by atoms with Gasteiger partial charge in [0.25, 0.3) is 0 Å². The Hall–Kier alpha value is -0.610. The normalized spacial score (nSPS) is 10.2. The molecule has 0 aromatic carbocycles. The van der Waals surface area contributed by atoms with Crippen LogP contribution in [0.4, 0.5) is 0 Å². The lowest BCUT2D eigenvalue weighted by molar-refractivity contribution is -0.131. The minimum atomic E-state index is 0.0134. The zero-order valence-corrected chi connectivity index (χ0v) is 9.04. The van der Waals surface area contributed by atoms with E-state index in [1.54, 1.807) is 4.90 Å². The van der Waals surface area contributed by atoms with Crippen LogP contribution in [0.25, 0.3) is 0 Å². The smallest absolute Gasteiger partial charge is 0.222 e. The number of aliphatic hydroxyl groups is 1. The number of aliphatic hydroxyl groups excluding tert-OH is 1. The van der Waals surface area contributed by atoms with Gasteiger partial charge in [-0.3, -0.25) is 4.79 Å². The molecule has 0 aliphatic carbocycles. The Bertz CT molecular complexity index is 145. The molecule has 0 bridgehead atoms. The molecule has 1 amide bonds. The summed E-state index contributed by atoms with van der Waals surface area (Å²) in [7, 11) is 0. The SMILES string of the molecule is CCCCCC(=O)N(CCN)CCO. The van der Waals surface area contributed by atoms with Gasteiger partial charge in [-0.05, 0) is 6.42 Å². The largest absolute Gasteiger partial charge is 0.395 e. The van der Waals surface area contributed by atoms with Gasteiger partial charge in [0.15, 0.2) is 0 Å². The Balaban J connectivity index is 3.76. The Morgan fingerprint density at radius 2 is 2.07 bits per heavy atom. The molecule has 0 saturated carbocycles. The van der Waals surface area contributed by atoms with Crippen molar-refractivity contribution in [2.75, 3.05) is 26.2 Å². The molecule has 3 N–H and O–H groups in total. The van der Waals surface area contributed by atoms with E-state index in [0.29, 0.717) is 26.1 Å². The number of hydrogen-bond donors (Lipinski definition) is 2. The zero-order valence-electron chi connectivity index (χ0n) is 9.04. The number of nitrogens with two attached hydrogens (primary N) is 1. The van der Waals surface area contributed by atoms with Gasteiger partial charge in [0.1, 0.15) is 0 Å². The van der Waals surface area contributed by atoms with E-state index in [4.69, 9.17) is 10.8 Å². The van der Waals surface area contributed by atoms with Crippen molar-refractivity contribution in [1.82, 2.24) is 4.90 Å². The predicted octanol–water partition coefficient (Wildman–Crippen LogP) is 0.346.